The van der Waals surface area contributed by atoms with Gasteiger partial charge < -0.3 is 14.1 Å². The molecular formula is C26H24N2O6. The van der Waals surface area contributed by atoms with Crippen molar-refractivity contribution < 1.29 is 23.5 Å². The summed E-state index contributed by atoms with van der Waals surface area (Å²) < 4.78 is 11.1. The molecule has 174 valence electrons. The number of ketones is 1. The second kappa shape index (κ2) is 8.97. The number of aromatic nitrogens is 1. The smallest absolute Gasteiger partial charge is 0.249 e. The van der Waals surface area contributed by atoms with Crippen LogP contribution in [0.25, 0.3) is 11.1 Å². The molecule has 1 aliphatic carbocycles. The minimum absolute atomic E-state index is 0.121. The first-order valence-electron chi connectivity index (χ1n) is 10.8. The predicted octanol–water partition coefficient (Wildman–Crippen LogP) is 3.36. The van der Waals surface area contributed by atoms with Crippen molar-refractivity contribution in [3.8, 4) is 5.75 Å². The molecule has 0 saturated carbocycles. The van der Waals surface area contributed by atoms with E-state index in [1.807, 2.05) is 12.1 Å². The summed E-state index contributed by atoms with van der Waals surface area (Å²) in [5.74, 6) is -0.401. The van der Waals surface area contributed by atoms with Gasteiger partial charge in [-0.2, -0.15) is 0 Å². The molecule has 0 aliphatic heterocycles. The molecule has 0 radical (unpaired) electrons. The number of pyridine rings is 1. The number of imide groups is 1. The molecule has 4 rings (SSSR count). The minimum Gasteiger partial charge on any atom is -0.497 e. The number of benzene rings is 1. The molecule has 2 N–H and O–H groups in total. The average Bonchev–Trinajstić information content (AvgIpc) is 3.26. The quantitative estimate of drug-likeness (QED) is 0.522. The van der Waals surface area contributed by atoms with Gasteiger partial charge in [-0.1, -0.05) is 18.2 Å². The largest absolute Gasteiger partial charge is 0.497 e. The Morgan fingerprint density at radius 1 is 1.24 bits per heavy atom. The standard InChI is InChI=1S/C26H24N2O6/c1-4-23(30)28-25(32)26(2,22-14-19-21(34-22)7-8-24(31)27-19)10-9-15-11-16-5-6-17(33-3)13-18(16)20(29)12-15/h4-8,12-14H,1,9-11H2,2-3H3,(H,27,31)(H,28,30,32). The number of amides is 2. The normalized spacial score (nSPS) is 14.6. The fourth-order valence-electron chi connectivity index (χ4n) is 4.07. The highest BCUT2D eigenvalue weighted by Crippen LogP contribution is 2.36. The molecule has 2 amide bonds. The number of ether oxygens (including phenoxy) is 1. The molecule has 2 aromatic heterocycles. The van der Waals surface area contributed by atoms with Gasteiger partial charge in [0, 0.05) is 17.7 Å². The van der Waals surface area contributed by atoms with Gasteiger partial charge in [-0.25, -0.2) is 0 Å². The van der Waals surface area contributed by atoms with Crippen LogP contribution in [-0.4, -0.2) is 29.7 Å². The number of nitrogens with one attached hydrogen (secondary N) is 2. The summed E-state index contributed by atoms with van der Waals surface area (Å²) in [5.41, 5.74) is 1.66. The first-order valence-corrected chi connectivity index (χ1v) is 10.8. The fraction of sp³-hybridized carbons (Fsp3) is 0.231. The van der Waals surface area contributed by atoms with E-state index < -0.39 is 17.2 Å². The van der Waals surface area contributed by atoms with Crippen LogP contribution in [0, 0.1) is 0 Å². The van der Waals surface area contributed by atoms with E-state index in [1.165, 1.54) is 12.1 Å². The zero-order chi connectivity index (χ0) is 24.5. The van der Waals surface area contributed by atoms with Crippen molar-refractivity contribution in [2.75, 3.05) is 7.11 Å². The van der Waals surface area contributed by atoms with Crippen molar-refractivity contribution >= 4 is 28.7 Å². The van der Waals surface area contributed by atoms with Crippen LogP contribution in [0.4, 0.5) is 0 Å². The number of rotatable bonds is 7. The highest BCUT2D eigenvalue weighted by Gasteiger charge is 2.39. The summed E-state index contributed by atoms with van der Waals surface area (Å²) in [6.07, 6.45) is 3.84. The van der Waals surface area contributed by atoms with Crippen molar-refractivity contribution in [2.24, 2.45) is 0 Å². The van der Waals surface area contributed by atoms with Crippen LogP contribution in [0.3, 0.4) is 0 Å². The number of furan rings is 1. The van der Waals surface area contributed by atoms with Gasteiger partial charge in [0.2, 0.25) is 17.4 Å². The first kappa shape index (κ1) is 23.0. The molecule has 1 aliphatic rings. The molecule has 34 heavy (non-hydrogen) atoms. The third kappa shape index (κ3) is 4.34. The zero-order valence-electron chi connectivity index (χ0n) is 18.9. The topological polar surface area (TPSA) is 118 Å². The number of allylic oxidation sites excluding steroid dienone is 2. The lowest BCUT2D eigenvalue weighted by Crippen LogP contribution is -2.44. The van der Waals surface area contributed by atoms with Gasteiger partial charge in [-0.3, -0.25) is 24.5 Å². The minimum atomic E-state index is -1.25. The number of carbonyl (C=O) groups excluding carboxylic acids is 3. The summed E-state index contributed by atoms with van der Waals surface area (Å²) in [6.45, 7) is 5.06. The molecule has 0 bridgehead atoms. The van der Waals surface area contributed by atoms with E-state index in [0.29, 0.717) is 41.0 Å². The molecule has 0 spiro atoms. The van der Waals surface area contributed by atoms with E-state index >= 15 is 0 Å². The maximum absolute atomic E-state index is 13.2. The van der Waals surface area contributed by atoms with E-state index in [-0.39, 0.29) is 17.8 Å². The molecule has 3 aromatic rings. The van der Waals surface area contributed by atoms with E-state index in [9.17, 15) is 19.2 Å². The van der Waals surface area contributed by atoms with Crippen LogP contribution in [-0.2, 0) is 21.4 Å². The lowest BCUT2D eigenvalue weighted by molar-refractivity contribution is -0.132. The number of hydrogen-bond acceptors (Lipinski definition) is 6. The van der Waals surface area contributed by atoms with Gasteiger partial charge in [0.25, 0.3) is 0 Å². The van der Waals surface area contributed by atoms with Crippen molar-refractivity contribution in [1.82, 2.24) is 10.3 Å². The number of H-pyrrole nitrogens is 1. The van der Waals surface area contributed by atoms with Gasteiger partial charge in [0.05, 0.1) is 12.6 Å². The number of carbonyl (C=O) groups is 3. The molecule has 1 atom stereocenters. The first-order chi connectivity index (χ1) is 16.2. The monoisotopic (exact) mass is 460 g/mol. The molecule has 0 saturated heterocycles. The van der Waals surface area contributed by atoms with Crippen molar-refractivity contribution in [2.45, 2.75) is 31.6 Å². The Hall–Kier alpha value is -4.20. The van der Waals surface area contributed by atoms with Gasteiger partial charge >= 0.3 is 0 Å². The summed E-state index contributed by atoms with van der Waals surface area (Å²) >= 11 is 0. The van der Waals surface area contributed by atoms with Crippen LogP contribution >= 0.6 is 0 Å². The molecule has 1 unspecified atom stereocenters. The molecule has 8 heteroatoms. The Kier molecular flexibility index (Phi) is 6.06. The lowest BCUT2D eigenvalue weighted by atomic mass is 9.78. The number of methoxy groups -OCH3 is 1. The Morgan fingerprint density at radius 2 is 2.03 bits per heavy atom. The van der Waals surface area contributed by atoms with Gasteiger partial charge in [-0.05, 0) is 62.1 Å². The SMILES string of the molecule is C=CC(=O)NC(=O)C(C)(CCC1=CC(=O)c2cc(OC)ccc2C1)c1cc2[nH]c(=O)ccc2o1. The zero-order valence-corrected chi connectivity index (χ0v) is 18.9. The van der Waals surface area contributed by atoms with E-state index in [0.717, 1.165) is 17.2 Å². The van der Waals surface area contributed by atoms with Crippen LogP contribution in [0.5, 0.6) is 5.75 Å². The predicted molar refractivity (Wildman–Crippen MR) is 126 cm³/mol. The molecule has 2 heterocycles. The Labute approximate surface area is 195 Å². The van der Waals surface area contributed by atoms with Crippen molar-refractivity contribution in [3.05, 3.63) is 87.9 Å². The van der Waals surface area contributed by atoms with Crippen LogP contribution in [0.2, 0.25) is 0 Å². The van der Waals surface area contributed by atoms with E-state index in [4.69, 9.17) is 9.15 Å². The van der Waals surface area contributed by atoms with Crippen LogP contribution in [0.1, 0.15) is 41.4 Å². The number of aromatic amines is 1. The maximum Gasteiger partial charge on any atom is 0.249 e. The van der Waals surface area contributed by atoms with E-state index in [2.05, 4.69) is 16.9 Å². The third-order valence-electron chi connectivity index (χ3n) is 6.15. The Bertz CT molecular complexity index is 1410. The van der Waals surface area contributed by atoms with Gasteiger partial charge in [0.1, 0.15) is 16.9 Å². The third-order valence-corrected chi connectivity index (χ3v) is 6.15. The highest BCUT2D eigenvalue weighted by atomic mass is 16.5. The van der Waals surface area contributed by atoms with Crippen molar-refractivity contribution in [3.63, 3.8) is 0 Å². The summed E-state index contributed by atoms with van der Waals surface area (Å²) in [7, 11) is 1.55. The fourth-order valence-corrected chi connectivity index (χ4v) is 4.07. The van der Waals surface area contributed by atoms with E-state index in [1.54, 1.807) is 32.2 Å². The molecular weight excluding hydrogens is 436 g/mol. The van der Waals surface area contributed by atoms with Gasteiger partial charge in [0.15, 0.2) is 11.4 Å². The summed E-state index contributed by atoms with van der Waals surface area (Å²) in [5, 5.41) is 2.32. The van der Waals surface area contributed by atoms with Gasteiger partial charge in [-0.15, -0.1) is 0 Å². The Morgan fingerprint density at radius 3 is 2.76 bits per heavy atom. The van der Waals surface area contributed by atoms with Crippen LogP contribution < -0.4 is 15.6 Å². The lowest BCUT2D eigenvalue weighted by Gasteiger charge is -2.27. The summed E-state index contributed by atoms with van der Waals surface area (Å²) in [4.78, 5) is 52.1. The maximum atomic E-state index is 13.2. The highest BCUT2D eigenvalue weighted by molar-refractivity contribution is 6.07. The van der Waals surface area contributed by atoms with Crippen molar-refractivity contribution in [1.29, 1.82) is 0 Å². The average molecular weight is 460 g/mol. The second-order valence-electron chi connectivity index (χ2n) is 8.43. The molecule has 1 aromatic carbocycles. The molecule has 0 fully saturated rings. The Balaban J connectivity index is 1.64. The number of fused-ring (bicyclic) bond motifs is 2. The summed E-state index contributed by atoms with van der Waals surface area (Å²) in [6, 6.07) is 9.85. The number of hydrogen-bond donors (Lipinski definition) is 2. The van der Waals surface area contributed by atoms with Crippen LogP contribution in [0.15, 0.2) is 69.9 Å². The second-order valence-corrected chi connectivity index (χ2v) is 8.43. The molecule has 8 nitrogen and oxygen atoms in total.